The number of ether oxygens (including phenoxy) is 3. The average Bonchev–Trinajstić information content (AvgIpc) is 3.61. The molecule has 0 aromatic carbocycles. The Morgan fingerprint density at radius 3 is 0.333 bits per heavy atom. The van der Waals surface area contributed by atoms with Gasteiger partial charge in [-0.15, -0.1) is 0 Å². The Morgan fingerprint density at radius 2 is 0.250 bits per heavy atom. The lowest BCUT2D eigenvalue weighted by Gasteiger charge is -2.05. The summed E-state index contributed by atoms with van der Waals surface area (Å²) in [7, 11) is 0. The van der Waals surface area contributed by atoms with Gasteiger partial charge in [0.05, 0.1) is 19.8 Å². The van der Waals surface area contributed by atoms with Crippen molar-refractivity contribution in [1.82, 2.24) is 0 Å². The Balaban J connectivity index is -0.00000135. The zero-order valence-corrected chi connectivity index (χ0v) is 66.6. The van der Waals surface area contributed by atoms with Crippen molar-refractivity contribution in [1.29, 1.82) is 0 Å². The van der Waals surface area contributed by atoms with Crippen LogP contribution in [0.15, 0.2) is 36.5 Å². The van der Waals surface area contributed by atoms with Crippen LogP contribution in [-0.4, -0.2) is 37.7 Å². The van der Waals surface area contributed by atoms with Crippen LogP contribution in [0.5, 0.6) is 0 Å². The second kappa shape index (κ2) is 88.7. The second-order valence-electron chi connectivity index (χ2n) is 30.1. The molecule has 0 bridgehead atoms. The minimum absolute atomic E-state index is 0.251. The molecule has 0 saturated carbocycles. The van der Waals surface area contributed by atoms with E-state index in [2.05, 4.69) is 40.5 Å². The van der Waals surface area contributed by atoms with Gasteiger partial charge in [0, 0.05) is 16.7 Å². The Hall–Kier alpha value is -2.37. The summed E-state index contributed by atoms with van der Waals surface area (Å²) in [6, 6.07) is 0. The molecule has 0 aromatic heterocycles. The van der Waals surface area contributed by atoms with Gasteiger partial charge in [-0.25, -0.2) is 14.4 Å². The molecule has 0 spiro atoms. The summed E-state index contributed by atoms with van der Waals surface area (Å²) < 4.78 is 15.3. The third-order valence-corrected chi connectivity index (χ3v) is 19.7. The third-order valence-electron chi connectivity index (χ3n) is 19.7. The van der Waals surface area contributed by atoms with E-state index in [0.29, 0.717) is 36.5 Å². The smallest absolute Gasteiger partial charge is 0.333 e. The molecular weight excluding hydrogens is 1180 g/mol. The van der Waals surface area contributed by atoms with Gasteiger partial charge in [0.1, 0.15) is 0 Å². The van der Waals surface area contributed by atoms with Gasteiger partial charge in [-0.2, -0.15) is 0 Å². The average molecular weight is 1350 g/mol. The Labute approximate surface area is 603 Å². The summed E-state index contributed by atoms with van der Waals surface area (Å²) in [5.41, 5.74) is 1.48. The highest BCUT2D eigenvalue weighted by atomic mass is 16.5. The summed E-state index contributed by atoms with van der Waals surface area (Å²) in [5.74, 6) is -0.753. The SMILES string of the molecule is C=C(C)C(=O)OCCCCCCCCCCCCCCCCCCCCCCCCC.C=C(C)C(=O)OCCCCCCCCCCCCCCCCCCCCCCCCCC.C=C(C)C(=O)OCCCCCCCCCCCCCCCCCCCCCCCCCCC. The zero-order chi connectivity index (χ0) is 70.6. The third kappa shape index (κ3) is 91.6. The summed E-state index contributed by atoms with van der Waals surface area (Å²) in [6.45, 7) is 24.4. The van der Waals surface area contributed by atoms with Gasteiger partial charge in [0.2, 0.25) is 0 Å². The van der Waals surface area contributed by atoms with E-state index in [-0.39, 0.29) is 17.9 Å². The summed E-state index contributed by atoms with van der Waals surface area (Å²) in [4.78, 5) is 33.8. The van der Waals surface area contributed by atoms with Gasteiger partial charge in [-0.05, 0) is 40.0 Å². The van der Waals surface area contributed by atoms with Crippen LogP contribution in [0.2, 0.25) is 0 Å². The number of carbonyl (C=O) groups excluding carboxylic acids is 3. The van der Waals surface area contributed by atoms with Gasteiger partial charge >= 0.3 is 17.9 Å². The van der Waals surface area contributed by atoms with E-state index in [9.17, 15) is 14.4 Å². The molecule has 0 radical (unpaired) electrons. The van der Waals surface area contributed by atoms with Crippen molar-refractivity contribution in [3.05, 3.63) is 36.5 Å². The first-order valence-electron chi connectivity index (χ1n) is 43.5. The number of rotatable bonds is 78. The van der Waals surface area contributed by atoms with Crippen LogP contribution in [-0.2, 0) is 28.6 Å². The van der Waals surface area contributed by atoms with Crippen LogP contribution in [0.3, 0.4) is 0 Å². The fourth-order valence-corrected chi connectivity index (χ4v) is 13.1. The normalized spacial score (nSPS) is 11.1. The minimum atomic E-state index is -0.251. The molecular formula is C90H174O6. The summed E-state index contributed by atoms with van der Waals surface area (Å²) in [6.07, 6.45) is 101. The first-order valence-corrected chi connectivity index (χ1v) is 43.5. The van der Waals surface area contributed by atoms with Crippen LogP contribution in [0.4, 0.5) is 0 Å². The number of carbonyl (C=O) groups is 3. The lowest BCUT2D eigenvalue weighted by Crippen LogP contribution is -2.05. The van der Waals surface area contributed by atoms with Gasteiger partial charge in [-0.3, -0.25) is 0 Å². The van der Waals surface area contributed by atoms with E-state index in [1.165, 1.54) is 443 Å². The van der Waals surface area contributed by atoms with Crippen molar-refractivity contribution in [2.45, 2.75) is 504 Å². The Kier molecular flexibility index (Phi) is 90.4. The van der Waals surface area contributed by atoms with Crippen LogP contribution in [0.1, 0.15) is 504 Å². The zero-order valence-electron chi connectivity index (χ0n) is 66.6. The van der Waals surface area contributed by atoms with E-state index in [4.69, 9.17) is 14.2 Å². The molecule has 0 saturated heterocycles. The highest BCUT2D eigenvalue weighted by molar-refractivity contribution is 5.87. The van der Waals surface area contributed by atoms with Gasteiger partial charge in [0.15, 0.2) is 0 Å². The molecule has 96 heavy (non-hydrogen) atoms. The fourth-order valence-electron chi connectivity index (χ4n) is 13.1. The minimum Gasteiger partial charge on any atom is -0.462 e. The van der Waals surface area contributed by atoms with Crippen molar-refractivity contribution < 1.29 is 28.6 Å². The molecule has 0 unspecified atom stereocenters. The molecule has 0 aliphatic heterocycles. The quantitative estimate of drug-likeness (QED) is 0.0261. The fraction of sp³-hybridized carbons (Fsp3) is 0.900. The summed E-state index contributed by atoms with van der Waals surface area (Å²) in [5, 5.41) is 0. The molecule has 0 amide bonds. The first kappa shape index (κ1) is 97.8. The van der Waals surface area contributed by atoms with Crippen LogP contribution >= 0.6 is 0 Å². The van der Waals surface area contributed by atoms with Crippen molar-refractivity contribution in [3.63, 3.8) is 0 Å². The van der Waals surface area contributed by atoms with Crippen LogP contribution < -0.4 is 0 Å². The second-order valence-corrected chi connectivity index (χ2v) is 30.1. The highest BCUT2D eigenvalue weighted by Crippen LogP contribution is 2.21. The number of hydrogen-bond donors (Lipinski definition) is 0. The topological polar surface area (TPSA) is 78.9 Å². The van der Waals surface area contributed by atoms with E-state index < -0.39 is 0 Å². The first-order chi connectivity index (χ1) is 47.0. The van der Waals surface area contributed by atoms with Gasteiger partial charge in [0.25, 0.3) is 0 Å². The summed E-state index contributed by atoms with van der Waals surface area (Å²) >= 11 is 0. The van der Waals surface area contributed by atoms with Crippen molar-refractivity contribution in [2.24, 2.45) is 0 Å². The largest absolute Gasteiger partial charge is 0.462 e. The molecule has 0 rings (SSSR count). The van der Waals surface area contributed by atoms with E-state index >= 15 is 0 Å². The number of unbranched alkanes of at least 4 members (excludes halogenated alkanes) is 69. The maximum absolute atomic E-state index is 11.3. The van der Waals surface area contributed by atoms with Gasteiger partial charge in [-0.1, -0.05) is 484 Å². The predicted molar refractivity (Wildman–Crippen MR) is 427 cm³/mol. The Morgan fingerprint density at radius 1 is 0.167 bits per heavy atom. The van der Waals surface area contributed by atoms with E-state index in [1.54, 1.807) is 20.8 Å². The molecule has 0 aliphatic rings. The predicted octanol–water partition coefficient (Wildman–Crippen LogP) is 31.5. The van der Waals surface area contributed by atoms with E-state index in [1.807, 2.05) is 0 Å². The van der Waals surface area contributed by atoms with Crippen molar-refractivity contribution in [2.75, 3.05) is 19.8 Å². The number of hydrogen-bond acceptors (Lipinski definition) is 6. The Bertz CT molecular complexity index is 1570. The molecule has 570 valence electrons. The molecule has 0 atom stereocenters. The standard InChI is InChI=1S/C31H60O2.C30H58O2.C29H56O2/c1-4-5-6-7-8-9-10-11-12-13-14-15-16-17-18-19-20-21-22-23-24-25-26-27-28-29-33-31(32)30(2)3;1-4-5-6-7-8-9-10-11-12-13-14-15-16-17-18-19-20-21-22-23-24-25-26-27-28-32-30(31)29(2)3;1-4-5-6-7-8-9-10-11-12-13-14-15-16-17-18-19-20-21-22-23-24-25-26-27-31-29(30)28(2)3/h2,4-29H2,1,3H3;2,4-28H2,1,3H3;2,4-27H2,1,3H3. The molecule has 6 heteroatoms. The molecule has 0 N–H and O–H groups in total. The number of esters is 3. The van der Waals surface area contributed by atoms with Crippen molar-refractivity contribution in [3.8, 4) is 0 Å². The maximum Gasteiger partial charge on any atom is 0.333 e. The van der Waals surface area contributed by atoms with E-state index in [0.717, 1.165) is 19.3 Å². The van der Waals surface area contributed by atoms with Crippen LogP contribution in [0.25, 0.3) is 0 Å². The highest BCUT2D eigenvalue weighted by Gasteiger charge is 2.06. The lowest BCUT2D eigenvalue weighted by atomic mass is 10.0. The molecule has 0 fully saturated rings. The molecule has 0 aliphatic carbocycles. The van der Waals surface area contributed by atoms with Crippen LogP contribution in [0, 0.1) is 0 Å². The monoisotopic (exact) mass is 1350 g/mol. The maximum atomic E-state index is 11.3. The molecule has 6 nitrogen and oxygen atoms in total. The lowest BCUT2D eigenvalue weighted by molar-refractivity contribution is -0.139. The van der Waals surface area contributed by atoms with Crippen molar-refractivity contribution >= 4 is 17.9 Å². The molecule has 0 aromatic rings. The molecule has 0 heterocycles. The van der Waals surface area contributed by atoms with Gasteiger partial charge < -0.3 is 14.2 Å².